The highest BCUT2D eigenvalue weighted by Crippen LogP contribution is 2.42. The van der Waals surface area contributed by atoms with E-state index < -0.39 is 41.7 Å². The molecule has 24 heavy (non-hydrogen) atoms. The molecule has 0 radical (unpaired) electrons. The van der Waals surface area contributed by atoms with E-state index in [4.69, 9.17) is 27.9 Å². The second-order valence-corrected chi connectivity index (χ2v) is 7.25. The smallest absolute Gasteiger partial charge is 0.315 e. The maximum absolute atomic E-state index is 12.7. The second-order valence-electron chi connectivity index (χ2n) is 4.49. The molecule has 2 aromatic rings. The lowest BCUT2D eigenvalue weighted by Crippen LogP contribution is -2.06. The quantitative estimate of drug-likeness (QED) is 0.463. The molecular formula is C13H9Cl2NO7S. The lowest BCUT2D eigenvalue weighted by Gasteiger charge is -2.12. The number of sulfone groups is 1. The van der Waals surface area contributed by atoms with Crippen molar-refractivity contribution in [3.8, 4) is 17.2 Å². The van der Waals surface area contributed by atoms with Crippen LogP contribution in [-0.4, -0.2) is 30.7 Å². The Hall–Kier alpha value is -2.23. The molecule has 0 saturated heterocycles. The van der Waals surface area contributed by atoms with Gasteiger partial charge in [0.15, 0.2) is 11.5 Å². The van der Waals surface area contributed by atoms with Crippen LogP contribution in [0.25, 0.3) is 0 Å². The van der Waals surface area contributed by atoms with Gasteiger partial charge in [-0.2, -0.15) is 0 Å². The largest absolute Gasteiger partial charge is 0.504 e. The number of aromatic hydroxyl groups is 2. The van der Waals surface area contributed by atoms with Crippen molar-refractivity contribution in [3.05, 3.63) is 44.4 Å². The van der Waals surface area contributed by atoms with Crippen molar-refractivity contribution in [2.75, 3.05) is 7.11 Å². The fourth-order valence-electron chi connectivity index (χ4n) is 1.93. The Morgan fingerprint density at radius 3 is 2.33 bits per heavy atom. The van der Waals surface area contributed by atoms with Crippen LogP contribution >= 0.6 is 23.2 Å². The maximum Gasteiger partial charge on any atom is 0.315 e. The van der Waals surface area contributed by atoms with Gasteiger partial charge in [0.05, 0.1) is 22.0 Å². The minimum atomic E-state index is -4.39. The Morgan fingerprint density at radius 2 is 1.79 bits per heavy atom. The Bertz CT molecular complexity index is 944. The van der Waals surface area contributed by atoms with Gasteiger partial charge in [0.2, 0.25) is 15.6 Å². The van der Waals surface area contributed by atoms with Crippen molar-refractivity contribution in [2.45, 2.75) is 9.79 Å². The van der Waals surface area contributed by atoms with Crippen LogP contribution in [0.2, 0.25) is 10.0 Å². The Balaban J connectivity index is 2.80. The fraction of sp³-hybridized carbons (Fsp3) is 0.0769. The van der Waals surface area contributed by atoms with Crippen molar-refractivity contribution in [1.82, 2.24) is 0 Å². The first kappa shape index (κ1) is 18.1. The van der Waals surface area contributed by atoms with E-state index in [1.54, 1.807) is 0 Å². The number of halogens is 2. The Morgan fingerprint density at radius 1 is 1.17 bits per heavy atom. The van der Waals surface area contributed by atoms with Gasteiger partial charge < -0.3 is 14.9 Å². The number of hydrogen-bond acceptors (Lipinski definition) is 7. The topological polar surface area (TPSA) is 127 Å². The number of nitrogens with zero attached hydrogens (tertiary/aromatic N) is 1. The van der Waals surface area contributed by atoms with Crippen molar-refractivity contribution < 1.29 is 28.3 Å². The summed E-state index contributed by atoms with van der Waals surface area (Å²) in [4.78, 5) is 8.78. The minimum absolute atomic E-state index is 0.00289. The molecule has 0 heterocycles. The van der Waals surface area contributed by atoms with E-state index >= 15 is 0 Å². The number of phenolic OH excluding ortho intramolecular Hbond substituents is 2. The average molecular weight is 394 g/mol. The van der Waals surface area contributed by atoms with Gasteiger partial charge in [0.25, 0.3) is 0 Å². The van der Waals surface area contributed by atoms with Crippen molar-refractivity contribution in [2.24, 2.45) is 0 Å². The molecule has 128 valence electrons. The minimum Gasteiger partial charge on any atom is -0.504 e. The normalized spacial score (nSPS) is 11.3. The first-order valence-electron chi connectivity index (χ1n) is 6.08. The van der Waals surface area contributed by atoms with E-state index in [-0.39, 0.29) is 15.8 Å². The lowest BCUT2D eigenvalue weighted by molar-refractivity contribution is -0.386. The molecule has 2 N–H and O–H groups in total. The SMILES string of the molecule is COc1c(Cl)cc(Cl)cc1S(=O)(=O)c1cc(O)c(O)c([N+](=O)[O-])c1. The highest BCUT2D eigenvalue weighted by atomic mass is 35.5. The molecule has 0 spiro atoms. The average Bonchev–Trinajstić information content (AvgIpc) is 2.48. The maximum atomic E-state index is 12.7. The van der Waals surface area contributed by atoms with E-state index in [0.717, 1.165) is 6.07 Å². The zero-order chi connectivity index (χ0) is 18.2. The van der Waals surface area contributed by atoms with E-state index in [2.05, 4.69) is 0 Å². The van der Waals surface area contributed by atoms with Crippen LogP contribution in [-0.2, 0) is 9.84 Å². The van der Waals surface area contributed by atoms with E-state index in [1.807, 2.05) is 0 Å². The number of benzene rings is 2. The summed E-state index contributed by atoms with van der Waals surface area (Å²) in [6.45, 7) is 0. The van der Waals surface area contributed by atoms with Crippen LogP contribution < -0.4 is 4.74 Å². The fourth-order valence-corrected chi connectivity index (χ4v) is 4.13. The predicted molar refractivity (Wildman–Crippen MR) is 84.9 cm³/mol. The molecule has 0 aliphatic heterocycles. The highest BCUT2D eigenvalue weighted by molar-refractivity contribution is 7.91. The summed E-state index contributed by atoms with van der Waals surface area (Å²) in [6, 6.07) is 3.60. The molecule has 0 amide bonds. The van der Waals surface area contributed by atoms with Gasteiger partial charge >= 0.3 is 5.69 Å². The summed E-state index contributed by atoms with van der Waals surface area (Å²) in [5.74, 6) is -2.22. The number of nitro benzene ring substituents is 1. The van der Waals surface area contributed by atoms with E-state index in [0.29, 0.717) is 12.1 Å². The predicted octanol–water partition coefficient (Wildman–Crippen LogP) is 3.15. The van der Waals surface area contributed by atoms with Crippen molar-refractivity contribution >= 4 is 38.7 Å². The van der Waals surface area contributed by atoms with Crippen LogP contribution in [0, 0.1) is 10.1 Å². The summed E-state index contributed by atoms with van der Waals surface area (Å²) in [5.41, 5.74) is -0.972. The Labute approximate surface area is 145 Å². The summed E-state index contributed by atoms with van der Waals surface area (Å²) in [7, 11) is -3.21. The number of ether oxygens (including phenoxy) is 1. The van der Waals surface area contributed by atoms with Gasteiger partial charge in [-0.05, 0) is 12.1 Å². The third-order valence-electron chi connectivity index (χ3n) is 3.02. The van der Waals surface area contributed by atoms with Crippen LogP contribution in [0.1, 0.15) is 0 Å². The molecular weight excluding hydrogens is 385 g/mol. The number of nitro groups is 1. The molecule has 11 heteroatoms. The third kappa shape index (κ3) is 3.05. The monoisotopic (exact) mass is 393 g/mol. The molecule has 0 saturated carbocycles. The van der Waals surface area contributed by atoms with Crippen LogP contribution in [0.3, 0.4) is 0 Å². The van der Waals surface area contributed by atoms with Gasteiger partial charge in [0.1, 0.15) is 4.90 Å². The van der Waals surface area contributed by atoms with Gasteiger partial charge in [-0.15, -0.1) is 0 Å². The molecule has 0 fully saturated rings. The van der Waals surface area contributed by atoms with E-state index in [1.165, 1.54) is 13.2 Å². The first-order valence-corrected chi connectivity index (χ1v) is 8.32. The van der Waals surface area contributed by atoms with Crippen LogP contribution in [0.5, 0.6) is 17.2 Å². The summed E-state index contributed by atoms with van der Waals surface area (Å²) in [6.07, 6.45) is 0. The third-order valence-corrected chi connectivity index (χ3v) is 5.26. The van der Waals surface area contributed by atoms with Gasteiger partial charge in [-0.3, -0.25) is 10.1 Å². The Kier molecular flexibility index (Phi) is 4.79. The zero-order valence-corrected chi connectivity index (χ0v) is 14.2. The van der Waals surface area contributed by atoms with Crippen molar-refractivity contribution in [1.29, 1.82) is 0 Å². The molecule has 0 aliphatic carbocycles. The molecule has 0 bridgehead atoms. The highest BCUT2D eigenvalue weighted by Gasteiger charge is 2.29. The van der Waals surface area contributed by atoms with Gasteiger partial charge in [-0.1, -0.05) is 23.2 Å². The molecule has 2 rings (SSSR count). The summed E-state index contributed by atoms with van der Waals surface area (Å²) >= 11 is 11.7. The van der Waals surface area contributed by atoms with Gasteiger partial charge in [-0.25, -0.2) is 8.42 Å². The van der Waals surface area contributed by atoms with Gasteiger partial charge in [0, 0.05) is 17.2 Å². The molecule has 2 aromatic carbocycles. The molecule has 0 aromatic heterocycles. The first-order chi connectivity index (χ1) is 11.1. The molecule has 0 aliphatic rings. The molecule has 0 atom stereocenters. The summed E-state index contributed by atoms with van der Waals surface area (Å²) in [5, 5.41) is 29.8. The van der Waals surface area contributed by atoms with Crippen molar-refractivity contribution in [3.63, 3.8) is 0 Å². The van der Waals surface area contributed by atoms with Crippen LogP contribution in [0.15, 0.2) is 34.1 Å². The summed E-state index contributed by atoms with van der Waals surface area (Å²) < 4.78 is 30.4. The van der Waals surface area contributed by atoms with E-state index in [9.17, 15) is 28.7 Å². The molecule has 0 unspecified atom stereocenters. The number of methoxy groups -OCH3 is 1. The zero-order valence-electron chi connectivity index (χ0n) is 11.9. The molecule has 8 nitrogen and oxygen atoms in total. The number of phenols is 2. The lowest BCUT2D eigenvalue weighted by atomic mass is 10.3. The number of hydrogen-bond donors (Lipinski definition) is 2. The number of rotatable bonds is 4. The van der Waals surface area contributed by atoms with Crippen LogP contribution in [0.4, 0.5) is 5.69 Å². The second kappa shape index (κ2) is 6.34. The standard InChI is InChI=1S/C13H9Cl2NO7S/c1-23-13-8(15)2-6(14)3-11(13)24(21,22)7-4-9(16(19)20)12(18)10(17)5-7/h2-5,17-18H,1H3.